The molecule has 4 rings (SSSR count). The molecule has 1 aromatic heterocycles. The fourth-order valence-corrected chi connectivity index (χ4v) is 3.62. The normalized spacial score (nSPS) is 13.3. The van der Waals surface area contributed by atoms with Gasteiger partial charge in [-0.3, -0.25) is 0 Å². The molecular weight excluding hydrogens is 388 g/mol. The molecule has 0 bridgehead atoms. The Morgan fingerprint density at radius 3 is 2.35 bits per heavy atom. The van der Waals surface area contributed by atoms with Gasteiger partial charge in [0.1, 0.15) is 5.75 Å². The lowest BCUT2D eigenvalue weighted by Gasteiger charge is -2.24. The molecule has 1 N–H and O–H groups in total. The minimum Gasteiger partial charge on any atom is -0.439 e. The summed E-state index contributed by atoms with van der Waals surface area (Å²) < 4.78 is 8.24. The van der Waals surface area contributed by atoms with Crippen LogP contribution in [0.3, 0.4) is 0 Å². The zero-order valence-electron chi connectivity index (χ0n) is 18.4. The Morgan fingerprint density at radius 1 is 1.13 bits per heavy atom. The van der Waals surface area contributed by atoms with Crippen LogP contribution < -0.4 is 10.1 Å². The third-order valence-electron chi connectivity index (χ3n) is 5.30. The summed E-state index contributed by atoms with van der Waals surface area (Å²) in [7, 11) is 0. The fraction of sp³-hybridized carbons (Fsp3) is 0.360. The van der Waals surface area contributed by atoms with Crippen LogP contribution in [0, 0.1) is 0 Å². The van der Waals surface area contributed by atoms with Gasteiger partial charge in [-0.1, -0.05) is 43.3 Å². The van der Waals surface area contributed by atoms with E-state index in [1.807, 2.05) is 84.1 Å². The molecule has 6 heteroatoms. The number of aromatic nitrogens is 2. The highest BCUT2D eigenvalue weighted by atomic mass is 16.5. The van der Waals surface area contributed by atoms with E-state index in [1.54, 1.807) is 0 Å². The number of amides is 2. The predicted octanol–water partition coefficient (Wildman–Crippen LogP) is 5.31. The van der Waals surface area contributed by atoms with E-state index in [4.69, 9.17) is 9.84 Å². The lowest BCUT2D eigenvalue weighted by atomic mass is 10.2. The molecule has 1 fully saturated rings. The average molecular weight is 419 g/mol. The number of aryl methyl sites for hydroxylation is 1. The highest BCUT2D eigenvalue weighted by Crippen LogP contribution is 2.35. The first-order chi connectivity index (χ1) is 15.1. The predicted molar refractivity (Wildman–Crippen MR) is 122 cm³/mol. The second kappa shape index (κ2) is 9.25. The maximum Gasteiger partial charge on any atom is 0.318 e. The van der Waals surface area contributed by atoms with E-state index in [2.05, 4.69) is 12.2 Å². The van der Waals surface area contributed by atoms with E-state index >= 15 is 0 Å². The van der Waals surface area contributed by atoms with Gasteiger partial charge in [0.15, 0.2) is 0 Å². The van der Waals surface area contributed by atoms with Crippen LogP contribution in [0.1, 0.15) is 44.9 Å². The molecule has 3 aromatic rings. The van der Waals surface area contributed by atoms with Gasteiger partial charge in [-0.2, -0.15) is 5.10 Å². The maximum atomic E-state index is 12.9. The van der Waals surface area contributed by atoms with Gasteiger partial charge >= 0.3 is 6.03 Å². The van der Waals surface area contributed by atoms with E-state index in [-0.39, 0.29) is 18.1 Å². The third kappa shape index (κ3) is 4.90. The largest absolute Gasteiger partial charge is 0.439 e. The van der Waals surface area contributed by atoms with Crippen molar-refractivity contribution in [3.8, 4) is 17.3 Å². The highest BCUT2D eigenvalue weighted by molar-refractivity contribution is 5.75. The van der Waals surface area contributed by atoms with Crippen molar-refractivity contribution in [1.29, 1.82) is 0 Å². The van der Waals surface area contributed by atoms with Crippen molar-refractivity contribution in [3.63, 3.8) is 0 Å². The molecule has 2 aromatic carbocycles. The maximum absolute atomic E-state index is 12.9. The van der Waals surface area contributed by atoms with Gasteiger partial charge in [0.25, 0.3) is 0 Å². The van der Waals surface area contributed by atoms with E-state index in [1.165, 1.54) is 0 Å². The average Bonchev–Trinajstić information content (AvgIpc) is 3.55. The Hall–Kier alpha value is -3.28. The first-order valence-electron chi connectivity index (χ1n) is 11.0. The first-order valence-corrected chi connectivity index (χ1v) is 11.0. The lowest BCUT2D eigenvalue weighted by Crippen LogP contribution is -2.43. The molecule has 6 nitrogen and oxygen atoms in total. The molecule has 0 spiro atoms. The fourth-order valence-electron chi connectivity index (χ4n) is 3.62. The smallest absolute Gasteiger partial charge is 0.318 e. The Morgan fingerprint density at radius 2 is 1.77 bits per heavy atom. The Labute approximate surface area is 183 Å². The second-order valence-electron chi connectivity index (χ2n) is 8.21. The van der Waals surface area contributed by atoms with Crippen LogP contribution in [0.4, 0.5) is 4.79 Å². The number of rotatable bonds is 8. The quantitative estimate of drug-likeness (QED) is 0.539. The standard InChI is InChI=1S/C25H30N4O2/c1-4-23-22(17-28(19-15-16-19)25(30)26-18(2)3)24(31-21-13-9-6-10-14-21)29(27-23)20-11-7-5-8-12-20/h5-14,18-19H,4,15-17H2,1-3H3,(H,26,30). The van der Waals surface area contributed by atoms with Crippen LogP contribution in [0.2, 0.25) is 0 Å². The number of hydrogen-bond donors (Lipinski definition) is 1. The van der Waals surface area contributed by atoms with Gasteiger partial charge in [-0.15, -0.1) is 0 Å². The molecule has 1 heterocycles. The van der Waals surface area contributed by atoms with Crippen molar-refractivity contribution >= 4 is 6.03 Å². The number of nitrogens with one attached hydrogen (secondary N) is 1. The zero-order valence-corrected chi connectivity index (χ0v) is 18.4. The van der Waals surface area contributed by atoms with Gasteiger partial charge in [0.2, 0.25) is 5.88 Å². The summed E-state index contributed by atoms with van der Waals surface area (Å²) in [4.78, 5) is 14.9. The molecule has 0 radical (unpaired) electrons. The van der Waals surface area contributed by atoms with Crippen LogP contribution in [0.5, 0.6) is 11.6 Å². The Bertz CT molecular complexity index is 1010. The number of ether oxygens (including phenoxy) is 1. The lowest BCUT2D eigenvalue weighted by molar-refractivity contribution is 0.188. The van der Waals surface area contributed by atoms with Gasteiger partial charge < -0.3 is 15.0 Å². The molecule has 2 amide bonds. The molecule has 1 saturated carbocycles. The van der Waals surface area contributed by atoms with Gasteiger partial charge in [-0.05, 0) is 57.4 Å². The van der Waals surface area contributed by atoms with Crippen molar-refractivity contribution in [2.24, 2.45) is 0 Å². The summed E-state index contributed by atoms with van der Waals surface area (Å²) in [5.41, 5.74) is 2.83. The van der Waals surface area contributed by atoms with Crippen LogP contribution in [0.15, 0.2) is 60.7 Å². The van der Waals surface area contributed by atoms with Crippen LogP contribution in [0.25, 0.3) is 5.69 Å². The van der Waals surface area contributed by atoms with Crippen molar-refractivity contribution < 1.29 is 9.53 Å². The molecule has 0 atom stereocenters. The molecule has 0 aliphatic heterocycles. The summed E-state index contributed by atoms with van der Waals surface area (Å²) in [6, 6.07) is 20.0. The molecular formula is C25H30N4O2. The van der Waals surface area contributed by atoms with Gasteiger partial charge in [0.05, 0.1) is 23.5 Å². The molecule has 31 heavy (non-hydrogen) atoms. The molecule has 0 unspecified atom stereocenters. The van der Waals surface area contributed by atoms with Crippen LogP contribution in [-0.2, 0) is 13.0 Å². The number of nitrogens with zero attached hydrogens (tertiary/aromatic N) is 3. The molecule has 1 aliphatic carbocycles. The van der Waals surface area contributed by atoms with E-state index in [0.29, 0.717) is 12.4 Å². The van der Waals surface area contributed by atoms with Crippen molar-refractivity contribution in [3.05, 3.63) is 71.9 Å². The van der Waals surface area contributed by atoms with Gasteiger partial charge in [-0.25, -0.2) is 9.48 Å². The Balaban J connectivity index is 1.76. The Kier molecular flexibility index (Phi) is 6.26. The second-order valence-corrected chi connectivity index (χ2v) is 8.21. The zero-order chi connectivity index (χ0) is 21.8. The monoisotopic (exact) mass is 418 g/mol. The summed E-state index contributed by atoms with van der Waals surface area (Å²) in [5.74, 6) is 1.41. The van der Waals surface area contributed by atoms with E-state index < -0.39 is 0 Å². The van der Waals surface area contributed by atoms with Crippen LogP contribution in [-0.4, -0.2) is 32.8 Å². The number of hydrogen-bond acceptors (Lipinski definition) is 3. The first kappa shape index (κ1) is 21.0. The molecule has 1 aliphatic rings. The minimum atomic E-state index is -0.0299. The number of urea groups is 1. The summed E-state index contributed by atoms with van der Waals surface area (Å²) >= 11 is 0. The summed E-state index contributed by atoms with van der Waals surface area (Å²) in [6.07, 6.45) is 2.83. The molecule has 162 valence electrons. The summed E-state index contributed by atoms with van der Waals surface area (Å²) in [5, 5.41) is 7.93. The van der Waals surface area contributed by atoms with Crippen LogP contribution >= 0.6 is 0 Å². The SMILES string of the molecule is CCc1nn(-c2ccccc2)c(Oc2ccccc2)c1CN(C(=O)NC(C)C)C1CC1. The van der Waals surface area contributed by atoms with Gasteiger partial charge in [0, 0.05) is 12.1 Å². The topological polar surface area (TPSA) is 59.4 Å². The van der Waals surface area contributed by atoms with E-state index in [0.717, 1.165) is 42.0 Å². The highest BCUT2D eigenvalue weighted by Gasteiger charge is 2.35. The number of para-hydroxylation sites is 2. The molecule has 0 saturated heterocycles. The van der Waals surface area contributed by atoms with E-state index in [9.17, 15) is 4.79 Å². The van der Waals surface area contributed by atoms with Crippen molar-refractivity contribution in [2.75, 3.05) is 0 Å². The number of benzene rings is 2. The number of carbonyl (C=O) groups excluding carboxylic acids is 1. The summed E-state index contributed by atoms with van der Waals surface area (Å²) in [6.45, 7) is 6.53. The third-order valence-corrected chi connectivity index (χ3v) is 5.30. The minimum absolute atomic E-state index is 0.0299. The number of carbonyl (C=O) groups is 1. The van der Waals surface area contributed by atoms with Crippen molar-refractivity contribution in [2.45, 2.75) is 58.7 Å². The van der Waals surface area contributed by atoms with Crippen molar-refractivity contribution in [1.82, 2.24) is 20.0 Å².